The second-order valence-corrected chi connectivity index (χ2v) is 8.16. The molecule has 0 amide bonds. The first-order valence-corrected chi connectivity index (χ1v) is 10.3. The third-order valence-corrected chi connectivity index (χ3v) is 5.26. The van der Waals surface area contributed by atoms with Crippen LogP contribution in [0.15, 0.2) is 30.5 Å². The fourth-order valence-corrected chi connectivity index (χ4v) is 3.73. The van der Waals surface area contributed by atoms with Crippen LogP contribution in [-0.2, 0) is 4.79 Å². The van der Waals surface area contributed by atoms with E-state index in [-0.39, 0.29) is 29.6 Å². The lowest BCUT2D eigenvalue weighted by Gasteiger charge is -2.22. The summed E-state index contributed by atoms with van der Waals surface area (Å²) in [5.41, 5.74) is 1.04. The number of carbonyl (C=O) groups is 1. The van der Waals surface area contributed by atoms with Gasteiger partial charge in [-0.3, -0.25) is 0 Å². The van der Waals surface area contributed by atoms with Crippen molar-refractivity contribution in [2.24, 2.45) is 0 Å². The van der Waals surface area contributed by atoms with E-state index in [0.717, 1.165) is 16.7 Å². The van der Waals surface area contributed by atoms with Gasteiger partial charge in [0.05, 0.1) is 12.7 Å². The minimum absolute atomic E-state index is 0.0384. The summed E-state index contributed by atoms with van der Waals surface area (Å²) in [5.74, 6) is -0.0209. The maximum atomic E-state index is 14.3. The number of benzene rings is 1. The van der Waals surface area contributed by atoms with Crippen molar-refractivity contribution in [3.05, 3.63) is 41.8 Å². The lowest BCUT2D eigenvalue weighted by molar-refractivity contribution is -0.119. The molecule has 1 saturated heterocycles. The molecule has 174 valence electrons. The van der Waals surface area contributed by atoms with Crippen molar-refractivity contribution in [3.8, 4) is 5.75 Å². The van der Waals surface area contributed by atoms with Gasteiger partial charge in [0.25, 0.3) is 0 Å². The second-order valence-electron chi connectivity index (χ2n) is 8.16. The van der Waals surface area contributed by atoms with Crippen LogP contribution in [-0.4, -0.2) is 54.7 Å². The number of aromatic nitrogens is 2. The summed E-state index contributed by atoms with van der Waals surface area (Å²) in [6.45, 7) is 3.12. The molecule has 0 aliphatic carbocycles. The van der Waals surface area contributed by atoms with Crippen LogP contribution in [0.5, 0.6) is 5.75 Å². The van der Waals surface area contributed by atoms with Gasteiger partial charge in [-0.25, -0.2) is 9.37 Å². The van der Waals surface area contributed by atoms with Crippen molar-refractivity contribution in [1.82, 2.24) is 9.97 Å². The van der Waals surface area contributed by atoms with Gasteiger partial charge in [0.1, 0.15) is 24.2 Å². The smallest absolute Gasteiger partial charge is 0.406 e. The van der Waals surface area contributed by atoms with Gasteiger partial charge in [0, 0.05) is 26.4 Å². The lowest BCUT2D eigenvalue weighted by Crippen LogP contribution is -2.33. The van der Waals surface area contributed by atoms with Crippen molar-refractivity contribution in [1.29, 1.82) is 0 Å². The van der Waals surface area contributed by atoms with Gasteiger partial charge in [-0.2, -0.15) is 18.2 Å². The third kappa shape index (κ3) is 6.30. The van der Waals surface area contributed by atoms with Crippen LogP contribution >= 0.6 is 0 Å². The molecule has 0 N–H and O–H groups in total. The molecule has 0 bridgehead atoms. The van der Waals surface area contributed by atoms with Crippen molar-refractivity contribution in [2.45, 2.75) is 44.9 Å². The van der Waals surface area contributed by atoms with Gasteiger partial charge in [-0.1, -0.05) is 19.1 Å². The Morgan fingerprint density at radius 2 is 2.00 bits per heavy atom. The highest BCUT2D eigenvalue weighted by Gasteiger charge is 2.32. The summed E-state index contributed by atoms with van der Waals surface area (Å²) >= 11 is 0. The van der Waals surface area contributed by atoms with Gasteiger partial charge in [0.2, 0.25) is 5.95 Å². The van der Waals surface area contributed by atoms with Crippen molar-refractivity contribution >= 4 is 17.5 Å². The monoisotopic (exact) mass is 454 g/mol. The zero-order chi connectivity index (χ0) is 23.5. The molecular weight excluding hydrogens is 428 g/mol. The quantitative estimate of drug-likeness (QED) is 0.553. The molecule has 10 heteroatoms. The standard InChI is InChI=1S/C22H26F4N4O2/c1-14(10-15(2)31)16-4-6-17(7-5-16)32-18-8-9-30(12-18)20-19(23)11-27-21(28-20)29(3)13-22(24,25)26/h4-7,11,14,18H,8-10,12-13H2,1-3H3/t14-,18-/m1/s1. The minimum Gasteiger partial charge on any atom is -0.489 e. The Morgan fingerprint density at radius 3 is 2.62 bits per heavy atom. The highest BCUT2D eigenvalue weighted by atomic mass is 19.4. The second kappa shape index (κ2) is 9.70. The van der Waals surface area contributed by atoms with Crippen molar-refractivity contribution in [3.63, 3.8) is 0 Å². The van der Waals surface area contributed by atoms with Crippen LogP contribution in [0.1, 0.15) is 38.2 Å². The third-order valence-electron chi connectivity index (χ3n) is 5.26. The molecule has 6 nitrogen and oxygen atoms in total. The van der Waals surface area contributed by atoms with Crippen molar-refractivity contribution < 1.29 is 27.1 Å². The molecule has 0 unspecified atom stereocenters. The van der Waals surface area contributed by atoms with Gasteiger partial charge in [0.15, 0.2) is 11.6 Å². The van der Waals surface area contributed by atoms with E-state index in [1.807, 2.05) is 31.2 Å². The molecule has 1 aromatic heterocycles. The maximum absolute atomic E-state index is 14.3. The van der Waals surface area contributed by atoms with E-state index in [4.69, 9.17) is 4.74 Å². The number of ether oxygens (including phenoxy) is 1. The predicted octanol–water partition coefficient (Wildman–Crippen LogP) is 4.35. The summed E-state index contributed by atoms with van der Waals surface area (Å²) in [5, 5.41) is 0. The number of halogens is 4. The number of alkyl halides is 3. The molecule has 1 aliphatic heterocycles. The lowest BCUT2D eigenvalue weighted by atomic mass is 9.96. The topological polar surface area (TPSA) is 58.6 Å². The average molecular weight is 454 g/mol. The number of rotatable bonds is 8. The molecule has 1 aliphatic rings. The number of anilines is 2. The van der Waals surface area contributed by atoms with Gasteiger partial charge >= 0.3 is 6.18 Å². The van der Waals surface area contributed by atoms with Crippen LogP contribution in [0, 0.1) is 5.82 Å². The van der Waals surface area contributed by atoms with E-state index < -0.39 is 18.5 Å². The van der Waals surface area contributed by atoms with Crippen molar-refractivity contribution in [2.75, 3.05) is 36.5 Å². The van der Waals surface area contributed by atoms with Gasteiger partial charge < -0.3 is 19.3 Å². The molecule has 0 radical (unpaired) electrons. The van der Waals surface area contributed by atoms with E-state index in [1.165, 1.54) is 7.05 Å². The van der Waals surface area contributed by atoms with Crippen LogP contribution in [0.2, 0.25) is 0 Å². The fraction of sp³-hybridized carbons (Fsp3) is 0.500. The highest BCUT2D eigenvalue weighted by Crippen LogP contribution is 2.28. The van der Waals surface area contributed by atoms with E-state index >= 15 is 0 Å². The van der Waals surface area contributed by atoms with E-state index in [9.17, 15) is 22.4 Å². The normalized spacial score (nSPS) is 17.3. The molecular formula is C22H26F4N4O2. The number of hydrogen-bond acceptors (Lipinski definition) is 6. The molecule has 1 aromatic carbocycles. The summed E-state index contributed by atoms with van der Waals surface area (Å²) in [4.78, 5) is 21.5. The fourth-order valence-electron chi connectivity index (χ4n) is 3.73. The molecule has 2 atom stereocenters. The first kappa shape index (κ1) is 23.7. The maximum Gasteiger partial charge on any atom is 0.406 e. The molecule has 1 fully saturated rings. The SMILES string of the molecule is CC(=O)C[C@@H](C)c1ccc(O[C@@H]2CCN(c3nc(N(C)CC(F)(F)F)ncc3F)C2)cc1. The summed E-state index contributed by atoms with van der Waals surface area (Å²) in [6.07, 6.45) is -2.67. The Labute approximate surface area is 184 Å². The van der Waals surface area contributed by atoms with Crippen LogP contribution in [0.25, 0.3) is 0 Å². The summed E-state index contributed by atoms with van der Waals surface area (Å²) in [7, 11) is 1.21. The molecule has 2 aromatic rings. The highest BCUT2D eigenvalue weighted by molar-refractivity contribution is 5.76. The van der Waals surface area contributed by atoms with Gasteiger partial charge in [-0.15, -0.1) is 0 Å². The molecule has 3 rings (SSSR count). The number of carbonyl (C=O) groups excluding carboxylic acids is 1. The predicted molar refractivity (Wildman–Crippen MR) is 113 cm³/mol. The van der Waals surface area contributed by atoms with Crippen LogP contribution in [0.4, 0.5) is 29.3 Å². The van der Waals surface area contributed by atoms with E-state index in [1.54, 1.807) is 11.8 Å². The summed E-state index contributed by atoms with van der Waals surface area (Å²) < 4.78 is 58.2. The van der Waals surface area contributed by atoms with E-state index in [0.29, 0.717) is 31.7 Å². The zero-order valence-corrected chi connectivity index (χ0v) is 18.2. The number of hydrogen-bond donors (Lipinski definition) is 0. The van der Waals surface area contributed by atoms with E-state index in [2.05, 4.69) is 9.97 Å². The molecule has 0 spiro atoms. The Morgan fingerprint density at radius 1 is 1.31 bits per heavy atom. The van der Waals surface area contributed by atoms with Crippen LogP contribution in [0.3, 0.4) is 0 Å². The first-order valence-electron chi connectivity index (χ1n) is 10.3. The Bertz CT molecular complexity index is 937. The zero-order valence-electron chi connectivity index (χ0n) is 18.2. The van der Waals surface area contributed by atoms with Gasteiger partial charge in [-0.05, 0) is 30.5 Å². The Kier molecular flexibility index (Phi) is 7.20. The average Bonchev–Trinajstić information content (AvgIpc) is 3.15. The molecule has 0 saturated carbocycles. The van der Waals surface area contributed by atoms with Crippen LogP contribution < -0.4 is 14.5 Å². The Hall–Kier alpha value is -2.91. The largest absolute Gasteiger partial charge is 0.489 e. The number of Topliss-reactive ketones (excluding diaryl/α,β-unsaturated/α-hetero) is 1. The number of ketones is 1. The first-order chi connectivity index (χ1) is 15.0. The summed E-state index contributed by atoms with van der Waals surface area (Å²) in [6, 6.07) is 7.51. The minimum atomic E-state index is -4.42. The number of nitrogens with zero attached hydrogens (tertiary/aromatic N) is 4. The Balaban J connectivity index is 1.63. The molecule has 2 heterocycles. The molecule has 32 heavy (non-hydrogen) atoms.